The highest BCUT2D eigenvalue weighted by Crippen LogP contribution is 2.44. The third kappa shape index (κ3) is 6.64. The summed E-state index contributed by atoms with van der Waals surface area (Å²) in [6.45, 7) is 4.17. The van der Waals surface area contributed by atoms with E-state index >= 15 is 0 Å². The number of aryl methyl sites for hydroxylation is 1. The molecule has 3 aromatic rings. The van der Waals surface area contributed by atoms with Crippen LogP contribution in [0.5, 0.6) is 5.75 Å². The minimum Gasteiger partial charge on any atom is -0.489 e. The number of carbonyl (C=O) groups excluding carboxylic acids is 1. The van der Waals surface area contributed by atoms with Gasteiger partial charge in [-0.05, 0) is 49.1 Å². The zero-order valence-corrected chi connectivity index (χ0v) is 19.3. The highest BCUT2D eigenvalue weighted by Gasteiger charge is 2.28. The lowest BCUT2D eigenvalue weighted by Crippen LogP contribution is -2.16. The largest absolute Gasteiger partial charge is 0.489 e. The SMILES string of the molecule is CCOP(=O)(O)CCC(C(=O)c1cccc(OCc2ccccc2)c1)c1ccccc1C. The number of ether oxygens (including phenoxy) is 1. The Balaban J connectivity index is 1.82. The van der Waals surface area contributed by atoms with Gasteiger partial charge in [0, 0.05) is 11.5 Å². The summed E-state index contributed by atoms with van der Waals surface area (Å²) in [5.41, 5.74) is 3.36. The Kier molecular flexibility index (Phi) is 8.40. The summed E-state index contributed by atoms with van der Waals surface area (Å²) in [5.74, 6) is -0.0622. The predicted molar refractivity (Wildman–Crippen MR) is 126 cm³/mol. The molecular formula is C26H29O5P. The minimum absolute atomic E-state index is 0.0875. The van der Waals surface area contributed by atoms with E-state index in [2.05, 4.69) is 0 Å². The lowest BCUT2D eigenvalue weighted by molar-refractivity contribution is 0.0956. The van der Waals surface area contributed by atoms with E-state index in [0.29, 0.717) is 17.9 Å². The van der Waals surface area contributed by atoms with Gasteiger partial charge in [-0.3, -0.25) is 9.36 Å². The van der Waals surface area contributed by atoms with Crippen molar-refractivity contribution in [2.75, 3.05) is 12.8 Å². The topological polar surface area (TPSA) is 72.8 Å². The Bertz CT molecular complexity index is 1080. The summed E-state index contributed by atoms with van der Waals surface area (Å²) in [7, 11) is -3.74. The standard InChI is InChI=1S/C26H29O5P/c1-3-31-32(28,29)17-16-25(24-15-8-7-10-20(24)2)26(27)22-13-9-14-23(18-22)30-19-21-11-5-4-6-12-21/h4-15,18,25H,3,16-17,19H2,1-2H3,(H,28,29). The van der Waals surface area contributed by atoms with Gasteiger partial charge in [-0.2, -0.15) is 0 Å². The van der Waals surface area contributed by atoms with Gasteiger partial charge in [0.1, 0.15) is 12.4 Å². The van der Waals surface area contributed by atoms with Gasteiger partial charge in [0.05, 0.1) is 12.8 Å². The van der Waals surface area contributed by atoms with E-state index in [9.17, 15) is 14.3 Å². The van der Waals surface area contributed by atoms with Gasteiger partial charge < -0.3 is 14.2 Å². The van der Waals surface area contributed by atoms with Crippen LogP contribution in [0.15, 0.2) is 78.9 Å². The van der Waals surface area contributed by atoms with Crippen LogP contribution in [0.3, 0.4) is 0 Å². The van der Waals surface area contributed by atoms with Crippen LogP contribution in [0.4, 0.5) is 0 Å². The van der Waals surface area contributed by atoms with Crippen LogP contribution >= 0.6 is 7.60 Å². The van der Waals surface area contributed by atoms with Crippen LogP contribution < -0.4 is 4.74 Å². The van der Waals surface area contributed by atoms with Crippen molar-refractivity contribution in [2.45, 2.75) is 32.8 Å². The lowest BCUT2D eigenvalue weighted by atomic mass is 9.86. The second kappa shape index (κ2) is 11.2. The highest BCUT2D eigenvalue weighted by atomic mass is 31.2. The van der Waals surface area contributed by atoms with E-state index in [1.54, 1.807) is 25.1 Å². The molecule has 0 aliphatic rings. The van der Waals surface area contributed by atoms with E-state index in [-0.39, 0.29) is 25.0 Å². The molecule has 0 aliphatic heterocycles. The number of hydrogen-bond acceptors (Lipinski definition) is 4. The molecule has 0 amide bonds. The fourth-order valence-electron chi connectivity index (χ4n) is 3.65. The maximum atomic E-state index is 13.5. The van der Waals surface area contributed by atoms with Crippen molar-refractivity contribution in [1.29, 1.82) is 0 Å². The average molecular weight is 452 g/mol. The quantitative estimate of drug-likeness (QED) is 0.279. The molecule has 0 bridgehead atoms. The molecule has 5 nitrogen and oxygen atoms in total. The smallest absolute Gasteiger partial charge is 0.328 e. The predicted octanol–water partition coefficient (Wildman–Crippen LogP) is 6.15. The molecule has 3 aromatic carbocycles. The molecule has 2 unspecified atom stereocenters. The summed E-state index contributed by atoms with van der Waals surface area (Å²) in [6, 6.07) is 24.5. The van der Waals surface area contributed by atoms with Crippen LogP contribution in [0.2, 0.25) is 0 Å². The first-order chi connectivity index (χ1) is 15.4. The van der Waals surface area contributed by atoms with Crippen LogP contribution in [0.25, 0.3) is 0 Å². The molecule has 0 radical (unpaired) electrons. The maximum Gasteiger partial charge on any atom is 0.328 e. The number of carbonyl (C=O) groups is 1. The first kappa shape index (κ1) is 23.9. The highest BCUT2D eigenvalue weighted by molar-refractivity contribution is 7.52. The number of rotatable bonds is 11. The van der Waals surface area contributed by atoms with Crippen molar-refractivity contribution < 1.29 is 23.5 Å². The van der Waals surface area contributed by atoms with Gasteiger partial charge in [-0.1, -0.05) is 66.7 Å². The number of ketones is 1. The first-order valence-corrected chi connectivity index (χ1v) is 12.5. The number of benzene rings is 3. The van der Waals surface area contributed by atoms with Gasteiger partial charge >= 0.3 is 7.60 Å². The van der Waals surface area contributed by atoms with Crippen molar-refractivity contribution >= 4 is 13.4 Å². The first-order valence-electron chi connectivity index (χ1n) is 10.7. The molecule has 0 aliphatic carbocycles. The van der Waals surface area contributed by atoms with Crippen LogP contribution in [-0.4, -0.2) is 23.4 Å². The van der Waals surface area contributed by atoms with Crippen LogP contribution in [-0.2, 0) is 15.7 Å². The second-order valence-electron chi connectivity index (χ2n) is 7.64. The van der Waals surface area contributed by atoms with Gasteiger partial charge in [0.2, 0.25) is 0 Å². The molecule has 0 fully saturated rings. The van der Waals surface area contributed by atoms with Gasteiger partial charge in [0.15, 0.2) is 5.78 Å². The Hall–Kier alpha value is -2.72. The monoisotopic (exact) mass is 452 g/mol. The molecule has 0 heterocycles. The van der Waals surface area contributed by atoms with E-state index in [4.69, 9.17) is 9.26 Å². The molecule has 2 atom stereocenters. The number of hydrogen-bond donors (Lipinski definition) is 1. The maximum absolute atomic E-state index is 13.5. The van der Waals surface area contributed by atoms with Gasteiger partial charge in [-0.25, -0.2) is 0 Å². The van der Waals surface area contributed by atoms with E-state index < -0.39 is 13.5 Å². The number of Topliss-reactive ketones (excluding diaryl/α,β-unsaturated/α-hetero) is 1. The summed E-state index contributed by atoms with van der Waals surface area (Å²) < 4.78 is 23.2. The summed E-state index contributed by atoms with van der Waals surface area (Å²) in [5, 5.41) is 0. The van der Waals surface area contributed by atoms with Crippen molar-refractivity contribution in [1.82, 2.24) is 0 Å². The van der Waals surface area contributed by atoms with Gasteiger partial charge in [-0.15, -0.1) is 0 Å². The zero-order valence-electron chi connectivity index (χ0n) is 18.4. The van der Waals surface area contributed by atoms with Crippen molar-refractivity contribution in [3.05, 3.63) is 101 Å². The zero-order chi connectivity index (χ0) is 23.0. The molecule has 3 rings (SSSR count). The molecular weight excluding hydrogens is 423 g/mol. The summed E-state index contributed by atoms with van der Waals surface area (Å²) in [4.78, 5) is 23.6. The Morgan fingerprint density at radius 1 is 1.00 bits per heavy atom. The molecule has 0 saturated carbocycles. The fraction of sp³-hybridized carbons (Fsp3) is 0.269. The summed E-state index contributed by atoms with van der Waals surface area (Å²) in [6.07, 6.45) is 0.127. The Labute approximate surface area is 189 Å². The summed E-state index contributed by atoms with van der Waals surface area (Å²) >= 11 is 0. The molecule has 6 heteroatoms. The molecule has 0 spiro atoms. The van der Waals surface area contributed by atoms with Crippen LogP contribution in [0, 0.1) is 6.92 Å². The van der Waals surface area contributed by atoms with Crippen molar-refractivity contribution in [3.63, 3.8) is 0 Å². The Morgan fingerprint density at radius 2 is 1.72 bits per heavy atom. The van der Waals surface area contributed by atoms with Crippen LogP contribution in [0.1, 0.15) is 46.3 Å². The Morgan fingerprint density at radius 3 is 2.44 bits per heavy atom. The normalized spacial score (nSPS) is 13.8. The van der Waals surface area contributed by atoms with Crippen molar-refractivity contribution in [2.24, 2.45) is 0 Å². The van der Waals surface area contributed by atoms with Gasteiger partial charge in [0.25, 0.3) is 0 Å². The average Bonchev–Trinajstić information content (AvgIpc) is 2.79. The molecule has 0 aromatic heterocycles. The third-order valence-electron chi connectivity index (χ3n) is 5.28. The molecule has 0 saturated heterocycles. The molecule has 32 heavy (non-hydrogen) atoms. The fourth-order valence-corrected chi connectivity index (χ4v) is 4.76. The van der Waals surface area contributed by atoms with E-state index in [1.165, 1.54) is 0 Å². The van der Waals surface area contributed by atoms with Crippen molar-refractivity contribution in [3.8, 4) is 5.75 Å². The molecule has 168 valence electrons. The van der Waals surface area contributed by atoms with E-state index in [1.807, 2.05) is 67.6 Å². The second-order valence-corrected chi connectivity index (χ2v) is 9.62. The molecule has 1 N–H and O–H groups in total. The third-order valence-corrected chi connectivity index (χ3v) is 6.76. The minimum atomic E-state index is -3.74. The van der Waals surface area contributed by atoms with E-state index in [0.717, 1.165) is 16.7 Å². The lowest BCUT2D eigenvalue weighted by Gasteiger charge is -2.20.